The van der Waals surface area contributed by atoms with Gasteiger partial charge in [-0.1, -0.05) is 12.1 Å². The molecule has 2 amide bonds. The molecule has 1 N–H and O–H groups in total. The van der Waals surface area contributed by atoms with Gasteiger partial charge in [0.05, 0.1) is 18.6 Å². The van der Waals surface area contributed by atoms with Gasteiger partial charge in [-0.05, 0) is 18.4 Å². The first-order valence-electron chi connectivity index (χ1n) is 9.02. The molecule has 30 heavy (non-hydrogen) atoms. The largest absolute Gasteiger partial charge is 0.335 e. The number of nitrogens with zero attached hydrogens (tertiary/aromatic N) is 5. The van der Waals surface area contributed by atoms with Gasteiger partial charge in [-0.2, -0.15) is 0 Å². The molecule has 0 unspecified atom stereocenters. The smallest absolute Gasteiger partial charge is 0.332 e. The van der Waals surface area contributed by atoms with Crippen molar-refractivity contribution in [2.24, 2.45) is 14.1 Å². The Morgan fingerprint density at radius 1 is 1.17 bits per heavy atom. The lowest BCUT2D eigenvalue weighted by molar-refractivity contribution is -0.133. The van der Waals surface area contributed by atoms with Gasteiger partial charge in [0, 0.05) is 26.0 Å². The lowest BCUT2D eigenvalue weighted by atomic mass is 10.3. The Morgan fingerprint density at radius 3 is 2.57 bits per heavy atom. The number of thioether (sulfide) groups is 1. The molecule has 0 aliphatic rings. The maximum atomic E-state index is 12.6. The molecular formula is C19H22N6O4S. The van der Waals surface area contributed by atoms with Crippen LogP contribution in [0.5, 0.6) is 0 Å². The van der Waals surface area contributed by atoms with E-state index in [9.17, 15) is 19.2 Å². The van der Waals surface area contributed by atoms with Crippen LogP contribution in [-0.4, -0.2) is 55.2 Å². The van der Waals surface area contributed by atoms with Crippen molar-refractivity contribution in [3.05, 3.63) is 51.4 Å². The molecule has 0 radical (unpaired) electrons. The summed E-state index contributed by atoms with van der Waals surface area (Å²) in [5, 5.41) is 2.80. The SMILES string of the molecule is CSc1ccccc1NC(=O)CN(C)C(=O)Cn1cnc2c1c(=O)n(C)c(=O)n2C. The summed E-state index contributed by atoms with van der Waals surface area (Å²) in [5.41, 5.74) is 0.00129. The molecule has 0 aliphatic heterocycles. The zero-order chi connectivity index (χ0) is 22.0. The molecule has 158 valence electrons. The van der Waals surface area contributed by atoms with Crippen molar-refractivity contribution in [3.8, 4) is 0 Å². The number of imidazole rings is 1. The Balaban J connectivity index is 1.74. The molecule has 0 spiro atoms. The van der Waals surface area contributed by atoms with Gasteiger partial charge in [-0.25, -0.2) is 9.78 Å². The first-order valence-corrected chi connectivity index (χ1v) is 10.2. The zero-order valence-corrected chi connectivity index (χ0v) is 17.9. The number of para-hydroxylation sites is 1. The fraction of sp³-hybridized carbons (Fsp3) is 0.316. The number of likely N-dealkylation sites (N-methyl/N-ethyl adjacent to an activating group) is 1. The first-order chi connectivity index (χ1) is 14.2. The molecule has 0 saturated heterocycles. The summed E-state index contributed by atoms with van der Waals surface area (Å²) in [5.74, 6) is -0.709. The lowest BCUT2D eigenvalue weighted by Crippen LogP contribution is -2.39. The quantitative estimate of drug-likeness (QED) is 0.562. The highest BCUT2D eigenvalue weighted by atomic mass is 32.2. The first kappa shape index (κ1) is 21.4. The number of carbonyl (C=O) groups excluding carboxylic acids is 2. The van der Waals surface area contributed by atoms with Crippen molar-refractivity contribution in [2.45, 2.75) is 11.4 Å². The summed E-state index contributed by atoms with van der Waals surface area (Å²) >= 11 is 1.51. The number of aromatic nitrogens is 4. The molecule has 10 nitrogen and oxygen atoms in total. The summed E-state index contributed by atoms with van der Waals surface area (Å²) in [7, 11) is 4.38. The van der Waals surface area contributed by atoms with E-state index < -0.39 is 11.2 Å². The Bertz CT molecular complexity index is 1240. The van der Waals surface area contributed by atoms with Crippen LogP contribution in [0.1, 0.15) is 0 Å². The molecule has 3 aromatic rings. The van der Waals surface area contributed by atoms with Gasteiger partial charge in [-0.15, -0.1) is 11.8 Å². The zero-order valence-electron chi connectivity index (χ0n) is 17.1. The van der Waals surface area contributed by atoms with Crippen molar-refractivity contribution in [2.75, 3.05) is 25.2 Å². The minimum absolute atomic E-state index is 0.148. The summed E-state index contributed by atoms with van der Waals surface area (Å²) in [4.78, 5) is 55.8. The van der Waals surface area contributed by atoms with E-state index in [4.69, 9.17) is 0 Å². The van der Waals surface area contributed by atoms with Gasteiger partial charge in [0.1, 0.15) is 6.54 Å². The second-order valence-electron chi connectivity index (χ2n) is 6.75. The third-order valence-electron chi connectivity index (χ3n) is 4.71. The van der Waals surface area contributed by atoms with E-state index in [1.165, 1.54) is 53.3 Å². The molecule has 2 aromatic heterocycles. The third-order valence-corrected chi connectivity index (χ3v) is 5.51. The molecule has 0 saturated carbocycles. The monoisotopic (exact) mass is 430 g/mol. The predicted molar refractivity (Wildman–Crippen MR) is 115 cm³/mol. The molecule has 11 heteroatoms. The highest BCUT2D eigenvalue weighted by molar-refractivity contribution is 7.98. The molecule has 3 rings (SSSR count). The molecule has 0 atom stereocenters. The van der Waals surface area contributed by atoms with Crippen LogP contribution in [0.3, 0.4) is 0 Å². The molecule has 0 aliphatic carbocycles. The van der Waals surface area contributed by atoms with Gasteiger partial charge in [0.15, 0.2) is 11.2 Å². The third kappa shape index (κ3) is 4.01. The summed E-state index contributed by atoms with van der Waals surface area (Å²) in [6.45, 7) is -0.334. The average molecular weight is 430 g/mol. The lowest BCUT2D eigenvalue weighted by Gasteiger charge is -2.18. The maximum Gasteiger partial charge on any atom is 0.332 e. The van der Waals surface area contributed by atoms with Crippen LogP contribution in [0, 0.1) is 0 Å². The topological polar surface area (TPSA) is 111 Å². The summed E-state index contributed by atoms with van der Waals surface area (Å²) < 4.78 is 3.60. The van der Waals surface area contributed by atoms with E-state index in [0.29, 0.717) is 5.69 Å². The number of nitrogens with one attached hydrogen (secondary N) is 1. The Hall–Kier alpha value is -3.34. The van der Waals surface area contributed by atoms with Gasteiger partial charge >= 0.3 is 5.69 Å². The normalized spacial score (nSPS) is 10.9. The number of hydrogen-bond acceptors (Lipinski definition) is 6. The van der Waals surface area contributed by atoms with E-state index >= 15 is 0 Å². The maximum absolute atomic E-state index is 12.6. The Labute approximate surface area is 176 Å². The van der Waals surface area contributed by atoms with Crippen LogP contribution < -0.4 is 16.6 Å². The minimum atomic E-state index is -0.535. The van der Waals surface area contributed by atoms with Gasteiger partial charge in [0.2, 0.25) is 11.8 Å². The van der Waals surface area contributed by atoms with Crippen LogP contribution in [0.25, 0.3) is 11.2 Å². The van der Waals surface area contributed by atoms with E-state index in [1.54, 1.807) is 6.07 Å². The summed E-state index contributed by atoms with van der Waals surface area (Å²) in [6, 6.07) is 7.39. The second kappa shape index (κ2) is 8.57. The number of rotatable bonds is 6. The number of benzene rings is 1. The van der Waals surface area contributed by atoms with E-state index in [2.05, 4.69) is 10.3 Å². The molecule has 2 heterocycles. The van der Waals surface area contributed by atoms with Crippen molar-refractivity contribution < 1.29 is 9.59 Å². The van der Waals surface area contributed by atoms with Crippen molar-refractivity contribution in [1.29, 1.82) is 0 Å². The highest BCUT2D eigenvalue weighted by Gasteiger charge is 2.19. The fourth-order valence-corrected chi connectivity index (χ4v) is 3.58. The number of carbonyl (C=O) groups is 2. The van der Waals surface area contributed by atoms with Crippen molar-refractivity contribution in [3.63, 3.8) is 0 Å². The molecule has 0 bridgehead atoms. The van der Waals surface area contributed by atoms with Crippen molar-refractivity contribution in [1.82, 2.24) is 23.6 Å². The Morgan fingerprint density at radius 2 is 1.87 bits per heavy atom. The second-order valence-corrected chi connectivity index (χ2v) is 7.60. The van der Waals surface area contributed by atoms with E-state index in [0.717, 1.165) is 9.46 Å². The number of amides is 2. The fourth-order valence-electron chi connectivity index (χ4n) is 3.02. The number of anilines is 1. The number of aryl methyl sites for hydroxylation is 1. The standard InChI is InChI=1S/C19H22N6O4S/c1-22(9-14(26)21-12-7-5-6-8-13(12)30-4)15(27)10-25-11-20-17-16(25)18(28)24(3)19(29)23(17)2/h5-8,11H,9-10H2,1-4H3,(H,21,26). The van der Waals surface area contributed by atoms with Crippen LogP contribution >= 0.6 is 11.8 Å². The predicted octanol–water partition coefficient (Wildman–Crippen LogP) is 0.253. The minimum Gasteiger partial charge on any atom is -0.335 e. The van der Waals surface area contributed by atoms with Crippen LogP contribution in [0.2, 0.25) is 0 Å². The Kier molecular flexibility index (Phi) is 6.11. The van der Waals surface area contributed by atoms with Gasteiger partial charge < -0.3 is 14.8 Å². The van der Waals surface area contributed by atoms with Crippen LogP contribution in [-0.2, 0) is 30.2 Å². The number of fused-ring (bicyclic) bond motifs is 1. The van der Waals surface area contributed by atoms with E-state index in [-0.39, 0.29) is 36.1 Å². The molecule has 1 aromatic carbocycles. The van der Waals surface area contributed by atoms with Crippen LogP contribution in [0.4, 0.5) is 5.69 Å². The molecular weight excluding hydrogens is 408 g/mol. The highest BCUT2D eigenvalue weighted by Crippen LogP contribution is 2.24. The average Bonchev–Trinajstić information content (AvgIpc) is 3.14. The van der Waals surface area contributed by atoms with Crippen LogP contribution in [0.15, 0.2) is 45.1 Å². The van der Waals surface area contributed by atoms with Gasteiger partial charge in [0.25, 0.3) is 5.56 Å². The summed E-state index contributed by atoms with van der Waals surface area (Å²) in [6.07, 6.45) is 3.25. The van der Waals surface area contributed by atoms with Gasteiger partial charge in [-0.3, -0.25) is 23.5 Å². The van der Waals surface area contributed by atoms with Crippen molar-refractivity contribution >= 4 is 40.4 Å². The van der Waals surface area contributed by atoms with E-state index in [1.807, 2.05) is 24.5 Å². The molecule has 0 fully saturated rings. The number of hydrogen-bond donors (Lipinski definition) is 1.